The number of piperazine rings is 1. The van der Waals surface area contributed by atoms with Gasteiger partial charge in [0, 0.05) is 63.5 Å². The number of fused-ring (bicyclic) bond motifs is 1. The summed E-state index contributed by atoms with van der Waals surface area (Å²) in [4.78, 5) is 76.8. The number of hydrogen-bond donors (Lipinski definition) is 4. The van der Waals surface area contributed by atoms with Crippen LogP contribution in [0.3, 0.4) is 0 Å². The molecule has 3 aromatic heterocycles. The summed E-state index contributed by atoms with van der Waals surface area (Å²) < 4.78 is 32.7. The van der Waals surface area contributed by atoms with Gasteiger partial charge in [-0.2, -0.15) is 0 Å². The number of carbonyl (C=O) groups is 5. The third kappa shape index (κ3) is 12.4. The number of nitrogens with zero attached hydrogens (tertiary/aromatic N) is 7. The Bertz CT molecular complexity index is 2570. The molecule has 3 aliphatic rings. The summed E-state index contributed by atoms with van der Waals surface area (Å²) in [7, 11) is 0. The standard InChI is InChI=1S/C48H56FN11O8/c49-35-5-1-4-33(28-35)40-7-3-17-59(40)44-13-12-42-52-30-41(60(42)56-44)38-6-2-8-43(53-38)58-20-18-57(19-21-58)31-46(63)51-16-23-67-25-27-68-26-24-66-22-15-50-36-10-9-34(32-61)37(29-36)47(64)54-39-11-14-45(62)55-48(39)65/h1-2,4-6,8-10,12-13,28-30,32,39-40,50H,3,7,11,14-27,31H2,(H,51,63)(H,54,64)(H,55,62,65)/t39?,40-/m1/s1. The highest BCUT2D eigenvalue weighted by atomic mass is 19.1. The number of imide groups is 1. The molecule has 4 amide bonds. The Hall–Kier alpha value is -6.87. The number of aldehydes is 1. The molecule has 1 unspecified atom stereocenters. The smallest absolute Gasteiger partial charge is 0.252 e. The van der Waals surface area contributed by atoms with Crippen molar-refractivity contribution >= 4 is 52.9 Å². The van der Waals surface area contributed by atoms with E-state index in [1.807, 2.05) is 40.9 Å². The van der Waals surface area contributed by atoms with Crippen LogP contribution in [0.15, 0.2) is 79.0 Å². The predicted molar refractivity (Wildman–Crippen MR) is 250 cm³/mol. The van der Waals surface area contributed by atoms with Crippen molar-refractivity contribution in [3.8, 4) is 11.4 Å². The molecular weight excluding hydrogens is 878 g/mol. The largest absolute Gasteiger partial charge is 0.383 e. The van der Waals surface area contributed by atoms with Gasteiger partial charge in [0.25, 0.3) is 5.91 Å². The summed E-state index contributed by atoms with van der Waals surface area (Å²) in [6.07, 6.45) is 4.59. The zero-order valence-electron chi connectivity index (χ0n) is 37.7. The molecule has 2 aromatic carbocycles. The van der Waals surface area contributed by atoms with Gasteiger partial charge in [-0.25, -0.2) is 18.9 Å². The van der Waals surface area contributed by atoms with Gasteiger partial charge >= 0.3 is 0 Å². The average Bonchev–Trinajstić information content (AvgIpc) is 4.02. The average molecular weight is 934 g/mol. The normalized spacial score (nSPS) is 17.6. The first-order chi connectivity index (χ1) is 33.2. The molecule has 6 heterocycles. The summed E-state index contributed by atoms with van der Waals surface area (Å²) in [6.45, 7) is 7.01. The third-order valence-corrected chi connectivity index (χ3v) is 12.0. The van der Waals surface area contributed by atoms with Crippen LogP contribution in [0.4, 0.5) is 21.7 Å². The van der Waals surface area contributed by atoms with Crippen molar-refractivity contribution in [1.29, 1.82) is 0 Å². The van der Waals surface area contributed by atoms with E-state index in [2.05, 4.69) is 41.0 Å². The van der Waals surface area contributed by atoms with Crippen molar-refractivity contribution in [3.05, 3.63) is 102 Å². The molecule has 358 valence electrons. The van der Waals surface area contributed by atoms with Gasteiger partial charge in [0.2, 0.25) is 17.7 Å². The van der Waals surface area contributed by atoms with Gasteiger partial charge in [-0.05, 0) is 79.4 Å². The Balaban J connectivity index is 0.674. The number of nitrogens with one attached hydrogen (secondary N) is 4. The molecule has 0 aliphatic carbocycles. The minimum absolute atomic E-state index is 0.0476. The van der Waals surface area contributed by atoms with Gasteiger partial charge in [-0.3, -0.25) is 34.2 Å². The lowest BCUT2D eigenvalue weighted by Gasteiger charge is -2.35. The maximum Gasteiger partial charge on any atom is 0.252 e. The number of ether oxygens (including phenoxy) is 3. The van der Waals surface area contributed by atoms with E-state index in [0.29, 0.717) is 90.0 Å². The maximum absolute atomic E-state index is 14.1. The summed E-state index contributed by atoms with van der Waals surface area (Å²) in [6, 6.07) is 20.6. The van der Waals surface area contributed by atoms with Crippen molar-refractivity contribution in [1.82, 2.24) is 40.4 Å². The quantitative estimate of drug-likeness (QED) is 0.0446. The molecule has 68 heavy (non-hydrogen) atoms. The molecule has 20 heteroatoms. The van der Waals surface area contributed by atoms with Crippen molar-refractivity contribution in [2.45, 2.75) is 37.8 Å². The zero-order chi connectivity index (χ0) is 47.2. The lowest BCUT2D eigenvalue weighted by atomic mass is 10.0. The third-order valence-electron chi connectivity index (χ3n) is 12.0. The molecule has 3 saturated heterocycles. The summed E-state index contributed by atoms with van der Waals surface area (Å²) in [5, 5.41) is 15.9. The number of carbonyl (C=O) groups excluding carboxylic acids is 5. The molecule has 5 aromatic rings. The minimum atomic E-state index is -0.855. The fourth-order valence-corrected chi connectivity index (χ4v) is 8.53. The van der Waals surface area contributed by atoms with Crippen LogP contribution >= 0.6 is 0 Å². The second kappa shape index (κ2) is 23.2. The van der Waals surface area contributed by atoms with Crippen LogP contribution in [0.25, 0.3) is 17.0 Å². The lowest BCUT2D eigenvalue weighted by Crippen LogP contribution is -2.52. The molecule has 3 fully saturated rings. The Kier molecular flexibility index (Phi) is 16.3. The maximum atomic E-state index is 14.1. The highest BCUT2D eigenvalue weighted by Gasteiger charge is 2.30. The number of pyridine rings is 1. The van der Waals surface area contributed by atoms with Gasteiger partial charge < -0.3 is 40.0 Å². The van der Waals surface area contributed by atoms with Crippen molar-refractivity contribution < 1.29 is 42.6 Å². The summed E-state index contributed by atoms with van der Waals surface area (Å²) in [5.74, 6) is -0.187. The first kappa shape index (κ1) is 47.6. The van der Waals surface area contributed by atoms with Crippen LogP contribution in [-0.4, -0.2) is 152 Å². The van der Waals surface area contributed by atoms with Crippen molar-refractivity contribution in [2.75, 3.05) is 107 Å². The number of benzene rings is 2. The van der Waals surface area contributed by atoms with E-state index >= 15 is 0 Å². The molecule has 2 atom stereocenters. The van der Waals surface area contributed by atoms with Gasteiger partial charge in [-0.15, -0.1) is 5.10 Å². The number of rotatable bonds is 22. The number of anilines is 3. The Morgan fingerprint density at radius 2 is 1.62 bits per heavy atom. The van der Waals surface area contributed by atoms with Crippen molar-refractivity contribution in [3.63, 3.8) is 0 Å². The van der Waals surface area contributed by atoms with E-state index in [1.165, 1.54) is 18.2 Å². The van der Waals surface area contributed by atoms with E-state index in [-0.39, 0.29) is 47.6 Å². The fraction of sp³-hybridized carbons (Fsp3) is 0.417. The predicted octanol–water partition coefficient (Wildman–Crippen LogP) is 3.02. The molecule has 8 rings (SSSR count). The fourth-order valence-electron chi connectivity index (χ4n) is 8.53. The number of amides is 4. The van der Waals surface area contributed by atoms with E-state index in [1.54, 1.807) is 24.4 Å². The molecular formula is C48H56FN11O8. The van der Waals surface area contributed by atoms with Crippen LogP contribution in [0.5, 0.6) is 0 Å². The Morgan fingerprint density at radius 3 is 2.40 bits per heavy atom. The Labute approximate surface area is 392 Å². The van der Waals surface area contributed by atoms with Gasteiger partial charge in [0.1, 0.15) is 29.2 Å². The number of halogens is 1. The zero-order valence-corrected chi connectivity index (χ0v) is 37.7. The van der Waals surface area contributed by atoms with Crippen LogP contribution in [0.1, 0.15) is 58.0 Å². The number of aromatic nitrogens is 4. The molecule has 3 aliphatic heterocycles. The molecule has 19 nitrogen and oxygen atoms in total. The summed E-state index contributed by atoms with van der Waals surface area (Å²) in [5.41, 5.74) is 4.09. The summed E-state index contributed by atoms with van der Waals surface area (Å²) >= 11 is 0. The van der Waals surface area contributed by atoms with Crippen LogP contribution in [0.2, 0.25) is 0 Å². The topological polar surface area (TPSA) is 214 Å². The van der Waals surface area contributed by atoms with E-state index in [9.17, 15) is 28.4 Å². The number of hydrogen-bond acceptors (Lipinski definition) is 15. The van der Waals surface area contributed by atoms with Gasteiger partial charge in [0.15, 0.2) is 11.9 Å². The van der Waals surface area contributed by atoms with E-state index in [0.717, 1.165) is 61.1 Å². The monoisotopic (exact) mass is 933 g/mol. The molecule has 0 spiro atoms. The molecule has 0 bridgehead atoms. The highest BCUT2D eigenvalue weighted by molar-refractivity contribution is 6.06. The van der Waals surface area contributed by atoms with E-state index in [4.69, 9.17) is 24.3 Å². The van der Waals surface area contributed by atoms with Crippen LogP contribution in [0, 0.1) is 5.82 Å². The molecule has 0 saturated carbocycles. The number of imidazole rings is 1. The van der Waals surface area contributed by atoms with E-state index < -0.39 is 17.9 Å². The van der Waals surface area contributed by atoms with Gasteiger partial charge in [-0.1, -0.05) is 18.2 Å². The molecule has 0 radical (unpaired) electrons. The second-order valence-corrected chi connectivity index (χ2v) is 16.7. The van der Waals surface area contributed by atoms with Crippen LogP contribution < -0.4 is 31.1 Å². The lowest BCUT2D eigenvalue weighted by molar-refractivity contribution is -0.134. The van der Waals surface area contributed by atoms with Gasteiger partial charge in [0.05, 0.1) is 69.7 Å². The first-order valence-electron chi connectivity index (χ1n) is 23.0. The molecule has 4 N–H and O–H groups in total. The second-order valence-electron chi connectivity index (χ2n) is 16.7. The Morgan fingerprint density at radius 1 is 0.838 bits per heavy atom. The van der Waals surface area contributed by atoms with Crippen molar-refractivity contribution in [2.24, 2.45) is 0 Å². The SMILES string of the molecule is O=Cc1ccc(NCCOCCOCCOCCNC(=O)CN2CCN(c3cccc(-c4cnc5ccc(N6CCC[C@@H]6c6cccc(F)c6)nn45)n3)CC2)cc1C(=O)NC1CCC(=O)NC1=O. The number of piperidine rings is 1. The van der Waals surface area contributed by atoms with Crippen LogP contribution in [-0.2, 0) is 28.6 Å². The minimum Gasteiger partial charge on any atom is -0.383 e. The highest BCUT2D eigenvalue weighted by Crippen LogP contribution is 2.36. The first-order valence-corrected chi connectivity index (χ1v) is 23.0.